The smallest absolute Gasteiger partial charge is 0.352 e. The topological polar surface area (TPSA) is 127 Å². The first-order chi connectivity index (χ1) is 16.8. The quantitative estimate of drug-likeness (QED) is 0.575. The third-order valence-corrected chi connectivity index (χ3v) is 7.09. The lowest BCUT2D eigenvalue weighted by Gasteiger charge is -2.26. The standard InChI is InChI=1S/C24H30ClN5O5/c25-19-8-7-17(13-18(19)22(33)26-16-24(35)9-3-1-2-4-10-24)30-23(34)29(20(31)14-27-30)15-21(32)28-11-5-6-12-28/h7-8,13-14,35H,1-6,9-12,15-16H2,(H,26,33). The fraction of sp³-hybridized carbons (Fsp3) is 0.542. The fourth-order valence-electron chi connectivity index (χ4n) is 4.68. The Morgan fingerprint density at radius 1 is 1.06 bits per heavy atom. The van der Waals surface area contributed by atoms with Crippen LogP contribution in [-0.2, 0) is 11.3 Å². The van der Waals surface area contributed by atoms with Crippen LogP contribution in [0, 0.1) is 0 Å². The molecule has 0 atom stereocenters. The molecule has 0 bridgehead atoms. The normalized spacial score (nSPS) is 17.7. The largest absolute Gasteiger partial charge is 0.388 e. The molecule has 4 rings (SSSR count). The summed E-state index contributed by atoms with van der Waals surface area (Å²) in [5, 5.41) is 17.7. The number of nitrogens with one attached hydrogen (secondary N) is 1. The number of nitrogens with zero attached hydrogens (tertiary/aromatic N) is 4. The molecule has 0 spiro atoms. The number of carbonyl (C=O) groups excluding carboxylic acids is 2. The average molecular weight is 504 g/mol. The number of rotatable bonds is 6. The van der Waals surface area contributed by atoms with Crippen LogP contribution >= 0.6 is 11.6 Å². The lowest BCUT2D eigenvalue weighted by atomic mass is 9.94. The number of aromatic nitrogens is 3. The van der Waals surface area contributed by atoms with Gasteiger partial charge in [0, 0.05) is 19.6 Å². The Labute approximate surface area is 207 Å². The molecule has 2 aromatic rings. The van der Waals surface area contributed by atoms with Crippen LogP contribution < -0.4 is 16.6 Å². The zero-order valence-corrected chi connectivity index (χ0v) is 20.3. The van der Waals surface area contributed by atoms with Gasteiger partial charge >= 0.3 is 5.69 Å². The van der Waals surface area contributed by atoms with Gasteiger partial charge in [0.25, 0.3) is 11.5 Å². The summed E-state index contributed by atoms with van der Waals surface area (Å²) in [5.41, 5.74) is -2.08. The van der Waals surface area contributed by atoms with Crippen LogP contribution in [-0.4, -0.2) is 61.4 Å². The number of hydrogen-bond acceptors (Lipinski definition) is 6. The lowest BCUT2D eigenvalue weighted by molar-refractivity contribution is -0.130. The van der Waals surface area contributed by atoms with Crippen LogP contribution in [0.15, 0.2) is 34.0 Å². The molecule has 1 saturated heterocycles. The molecule has 10 nitrogen and oxygen atoms in total. The molecule has 2 heterocycles. The van der Waals surface area contributed by atoms with Crippen molar-refractivity contribution < 1.29 is 14.7 Å². The molecule has 35 heavy (non-hydrogen) atoms. The van der Waals surface area contributed by atoms with E-state index in [4.69, 9.17) is 11.6 Å². The second kappa shape index (κ2) is 10.7. The van der Waals surface area contributed by atoms with Crippen molar-refractivity contribution in [3.8, 4) is 5.69 Å². The molecule has 1 saturated carbocycles. The maximum atomic E-state index is 13.0. The van der Waals surface area contributed by atoms with E-state index >= 15 is 0 Å². The Kier molecular flexibility index (Phi) is 7.71. The molecule has 0 unspecified atom stereocenters. The van der Waals surface area contributed by atoms with Gasteiger partial charge in [-0.25, -0.2) is 9.36 Å². The van der Waals surface area contributed by atoms with Crippen molar-refractivity contribution in [2.45, 2.75) is 63.5 Å². The third kappa shape index (κ3) is 5.82. The molecule has 1 aliphatic heterocycles. The van der Waals surface area contributed by atoms with E-state index in [1.165, 1.54) is 18.2 Å². The predicted molar refractivity (Wildman–Crippen MR) is 130 cm³/mol. The first kappa shape index (κ1) is 25.1. The molecule has 1 aromatic carbocycles. The van der Waals surface area contributed by atoms with Gasteiger partial charge in [-0.1, -0.05) is 37.3 Å². The first-order valence-corrected chi connectivity index (χ1v) is 12.4. The second-order valence-corrected chi connectivity index (χ2v) is 9.74. The van der Waals surface area contributed by atoms with Crippen molar-refractivity contribution in [3.63, 3.8) is 0 Å². The van der Waals surface area contributed by atoms with Crippen molar-refractivity contribution in [1.82, 2.24) is 24.6 Å². The van der Waals surface area contributed by atoms with Gasteiger partial charge in [0.2, 0.25) is 5.91 Å². The number of aliphatic hydroxyl groups is 1. The van der Waals surface area contributed by atoms with E-state index in [1.54, 1.807) is 4.90 Å². The molecule has 2 fully saturated rings. The van der Waals surface area contributed by atoms with Gasteiger partial charge in [0.05, 0.1) is 21.9 Å². The van der Waals surface area contributed by atoms with Crippen LogP contribution in [0.2, 0.25) is 5.02 Å². The number of benzene rings is 1. The van der Waals surface area contributed by atoms with Crippen molar-refractivity contribution in [2.24, 2.45) is 0 Å². The molecule has 188 valence electrons. The van der Waals surface area contributed by atoms with E-state index in [0.29, 0.717) is 25.9 Å². The van der Waals surface area contributed by atoms with Crippen molar-refractivity contribution in [3.05, 3.63) is 55.8 Å². The van der Waals surface area contributed by atoms with E-state index < -0.39 is 22.8 Å². The molecular weight excluding hydrogens is 474 g/mol. The van der Waals surface area contributed by atoms with Gasteiger partial charge in [0.15, 0.2) is 0 Å². The minimum Gasteiger partial charge on any atom is -0.388 e. The Bertz CT molecular complexity index is 1210. The Hall–Kier alpha value is -2.98. The van der Waals surface area contributed by atoms with E-state index in [0.717, 1.165) is 54.0 Å². The second-order valence-electron chi connectivity index (χ2n) is 9.34. The van der Waals surface area contributed by atoms with Gasteiger partial charge in [-0.2, -0.15) is 9.78 Å². The molecular formula is C24H30ClN5O5. The summed E-state index contributed by atoms with van der Waals surface area (Å²) in [6, 6.07) is 4.37. The van der Waals surface area contributed by atoms with Gasteiger partial charge in [-0.05, 0) is 43.9 Å². The SMILES string of the molecule is O=C(NCC1(O)CCCCCC1)c1cc(-n2ncc(=O)n(CC(=O)N3CCCC3)c2=O)ccc1Cl. The summed E-state index contributed by atoms with van der Waals surface area (Å²) in [7, 11) is 0. The highest BCUT2D eigenvalue weighted by Gasteiger charge is 2.29. The van der Waals surface area contributed by atoms with Crippen LogP contribution in [0.25, 0.3) is 5.69 Å². The van der Waals surface area contributed by atoms with Gasteiger partial charge < -0.3 is 15.3 Å². The van der Waals surface area contributed by atoms with E-state index in [2.05, 4.69) is 10.4 Å². The number of amides is 2. The van der Waals surface area contributed by atoms with Gasteiger partial charge in [0.1, 0.15) is 12.7 Å². The number of halogens is 1. The van der Waals surface area contributed by atoms with Crippen LogP contribution in [0.1, 0.15) is 61.7 Å². The number of carbonyl (C=O) groups is 2. The Morgan fingerprint density at radius 3 is 2.43 bits per heavy atom. The van der Waals surface area contributed by atoms with E-state index in [-0.39, 0.29) is 35.3 Å². The summed E-state index contributed by atoms with van der Waals surface area (Å²) in [5.74, 6) is -0.785. The minimum absolute atomic E-state index is 0.105. The zero-order chi connectivity index (χ0) is 25.0. The van der Waals surface area contributed by atoms with Crippen LogP contribution in [0.3, 0.4) is 0 Å². The highest BCUT2D eigenvalue weighted by atomic mass is 35.5. The highest BCUT2D eigenvalue weighted by Crippen LogP contribution is 2.27. The van der Waals surface area contributed by atoms with Gasteiger partial charge in [-0.15, -0.1) is 0 Å². The average Bonchev–Trinajstić information content (AvgIpc) is 3.30. The zero-order valence-electron chi connectivity index (χ0n) is 19.5. The summed E-state index contributed by atoms with van der Waals surface area (Å²) >= 11 is 6.26. The van der Waals surface area contributed by atoms with E-state index in [1.807, 2.05) is 0 Å². The Morgan fingerprint density at radius 2 is 1.74 bits per heavy atom. The fourth-order valence-corrected chi connectivity index (χ4v) is 4.89. The summed E-state index contributed by atoms with van der Waals surface area (Å²) in [6.45, 7) is 0.947. The van der Waals surface area contributed by atoms with Crippen molar-refractivity contribution in [1.29, 1.82) is 0 Å². The minimum atomic E-state index is -0.952. The molecule has 1 aromatic heterocycles. The van der Waals surface area contributed by atoms with Crippen molar-refractivity contribution >= 4 is 23.4 Å². The molecule has 2 aliphatic rings. The molecule has 2 amide bonds. The maximum absolute atomic E-state index is 13.0. The molecule has 0 radical (unpaired) electrons. The maximum Gasteiger partial charge on any atom is 0.352 e. The Balaban J connectivity index is 1.56. The molecule has 2 N–H and O–H groups in total. The van der Waals surface area contributed by atoms with Gasteiger partial charge in [-0.3, -0.25) is 14.4 Å². The van der Waals surface area contributed by atoms with Crippen molar-refractivity contribution in [2.75, 3.05) is 19.6 Å². The molecule has 11 heteroatoms. The third-order valence-electron chi connectivity index (χ3n) is 6.77. The number of likely N-dealkylation sites (tertiary alicyclic amines) is 1. The van der Waals surface area contributed by atoms with E-state index in [9.17, 15) is 24.3 Å². The summed E-state index contributed by atoms with van der Waals surface area (Å²) in [4.78, 5) is 52.4. The summed E-state index contributed by atoms with van der Waals surface area (Å²) < 4.78 is 1.80. The molecule has 1 aliphatic carbocycles. The predicted octanol–water partition coefficient (Wildman–Crippen LogP) is 1.49. The first-order valence-electron chi connectivity index (χ1n) is 12.0. The van der Waals surface area contributed by atoms with Crippen LogP contribution in [0.4, 0.5) is 0 Å². The number of hydrogen-bond donors (Lipinski definition) is 2. The monoisotopic (exact) mass is 503 g/mol. The lowest BCUT2D eigenvalue weighted by Crippen LogP contribution is -2.44. The van der Waals surface area contributed by atoms with Crippen LogP contribution in [0.5, 0.6) is 0 Å². The summed E-state index contributed by atoms with van der Waals surface area (Å²) in [6.07, 6.45) is 7.96. The highest BCUT2D eigenvalue weighted by molar-refractivity contribution is 6.33.